The van der Waals surface area contributed by atoms with Crippen LogP contribution in [0, 0.1) is 0 Å². The Morgan fingerprint density at radius 1 is 1.00 bits per heavy atom. The van der Waals surface area contributed by atoms with Crippen molar-refractivity contribution >= 4 is 28.9 Å². The summed E-state index contributed by atoms with van der Waals surface area (Å²) in [5, 5.41) is 11.3. The molecule has 4 heteroatoms. The molecular weight excluding hydrogens is 257 g/mol. The predicted molar refractivity (Wildman–Crippen MR) is 71.4 cm³/mol. The minimum atomic E-state index is -0.777. The summed E-state index contributed by atoms with van der Waals surface area (Å²) in [5.41, 5.74) is 7.54. The van der Waals surface area contributed by atoms with Crippen molar-refractivity contribution < 1.29 is 5.11 Å². The van der Waals surface area contributed by atoms with Crippen molar-refractivity contribution in [2.75, 3.05) is 5.73 Å². The Bertz CT molecular complexity index is 525. The van der Waals surface area contributed by atoms with Gasteiger partial charge in [-0.3, -0.25) is 0 Å². The lowest BCUT2D eigenvalue weighted by Crippen LogP contribution is -2.00. The number of aliphatic hydroxyl groups is 1. The van der Waals surface area contributed by atoms with Crippen LogP contribution in [0.15, 0.2) is 42.5 Å². The van der Waals surface area contributed by atoms with Crippen LogP contribution in [0.5, 0.6) is 0 Å². The molecule has 1 atom stereocenters. The van der Waals surface area contributed by atoms with Gasteiger partial charge in [0.25, 0.3) is 0 Å². The first-order valence-electron chi connectivity index (χ1n) is 5.06. The van der Waals surface area contributed by atoms with Gasteiger partial charge in [-0.25, -0.2) is 0 Å². The summed E-state index contributed by atoms with van der Waals surface area (Å²) < 4.78 is 0. The number of hydrogen-bond acceptors (Lipinski definition) is 2. The van der Waals surface area contributed by atoms with Crippen molar-refractivity contribution in [3.8, 4) is 0 Å². The van der Waals surface area contributed by atoms with Crippen molar-refractivity contribution in [2.24, 2.45) is 0 Å². The average molecular weight is 268 g/mol. The second kappa shape index (κ2) is 4.96. The molecule has 2 nitrogen and oxygen atoms in total. The van der Waals surface area contributed by atoms with E-state index in [1.54, 1.807) is 42.5 Å². The zero-order chi connectivity index (χ0) is 12.4. The fourth-order valence-corrected chi connectivity index (χ4v) is 2.01. The van der Waals surface area contributed by atoms with E-state index in [2.05, 4.69) is 0 Å². The molecule has 0 aliphatic carbocycles. The fraction of sp³-hybridized carbons (Fsp3) is 0.0769. The molecule has 0 aliphatic rings. The highest BCUT2D eigenvalue weighted by molar-refractivity contribution is 6.31. The highest BCUT2D eigenvalue weighted by Gasteiger charge is 2.13. The number of rotatable bonds is 2. The summed E-state index contributed by atoms with van der Waals surface area (Å²) in [7, 11) is 0. The molecule has 3 N–H and O–H groups in total. The topological polar surface area (TPSA) is 46.2 Å². The monoisotopic (exact) mass is 267 g/mol. The van der Waals surface area contributed by atoms with Gasteiger partial charge in [0.1, 0.15) is 6.10 Å². The van der Waals surface area contributed by atoms with Gasteiger partial charge in [0.15, 0.2) is 0 Å². The molecule has 0 radical (unpaired) electrons. The number of hydrogen-bond donors (Lipinski definition) is 2. The van der Waals surface area contributed by atoms with E-state index in [1.165, 1.54) is 0 Å². The van der Waals surface area contributed by atoms with E-state index in [4.69, 9.17) is 28.9 Å². The molecule has 0 saturated carbocycles. The highest BCUT2D eigenvalue weighted by atomic mass is 35.5. The number of benzene rings is 2. The van der Waals surface area contributed by atoms with Gasteiger partial charge >= 0.3 is 0 Å². The molecule has 2 rings (SSSR count). The summed E-state index contributed by atoms with van der Waals surface area (Å²) in [6, 6.07) is 12.0. The molecule has 0 fully saturated rings. The van der Waals surface area contributed by atoms with Crippen LogP contribution >= 0.6 is 23.2 Å². The van der Waals surface area contributed by atoms with Gasteiger partial charge in [-0.1, -0.05) is 41.4 Å². The number of anilines is 1. The second-order valence-electron chi connectivity index (χ2n) is 3.74. The first kappa shape index (κ1) is 12.2. The molecular formula is C13H11Cl2NO. The Labute approximate surface area is 110 Å². The lowest BCUT2D eigenvalue weighted by molar-refractivity contribution is 0.220. The zero-order valence-electron chi connectivity index (χ0n) is 8.90. The lowest BCUT2D eigenvalue weighted by atomic mass is 10.0. The minimum Gasteiger partial charge on any atom is -0.399 e. The summed E-state index contributed by atoms with van der Waals surface area (Å²) in [4.78, 5) is 0. The van der Waals surface area contributed by atoms with Crippen LogP contribution in [0.25, 0.3) is 0 Å². The standard InChI is InChI=1S/C13H11Cl2NO/c14-9-3-1-8(2-4-9)13(17)11-6-5-10(16)7-12(11)15/h1-7,13,17H,16H2. The third-order valence-electron chi connectivity index (χ3n) is 2.50. The van der Waals surface area contributed by atoms with Gasteiger partial charge in [-0.15, -0.1) is 0 Å². The number of nitrogen functional groups attached to an aromatic ring is 1. The first-order valence-corrected chi connectivity index (χ1v) is 5.82. The van der Waals surface area contributed by atoms with Crippen molar-refractivity contribution in [3.63, 3.8) is 0 Å². The molecule has 88 valence electrons. The number of halogens is 2. The Hall–Kier alpha value is -1.22. The van der Waals surface area contributed by atoms with E-state index in [0.29, 0.717) is 21.3 Å². The smallest absolute Gasteiger partial charge is 0.105 e. The van der Waals surface area contributed by atoms with Crippen molar-refractivity contribution in [2.45, 2.75) is 6.10 Å². The van der Waals surface area contributed by atoms with E-state index in [1.807, 2.05) is 0 Å². The molecule has 2 aromatic rings. The van der Waals surface area contributed by atoms with Gasteiger partial charge in [-0.2, -0.15) is 0 Å². The lowest BCUT2D eigenvalue weighted by Gasteiger charge is -2.13. The Kier molecular flexibility index (Phi) is 3.57. The average Bonchev–Trinajstić information content (AvgIpc) is 2.29. The Morgan fingerprint density at radius 3 is 2.24 bits per heavy atom. The molecule has 0 bridgehead atoms. The quantitative estimate of drug-likeness (QED) is 0.816. The first-order chi connectivity index (χ1) is 8.08. The van der Waals surface area contributed by atoms with E-state index in [-0.39, 0.29) is 0 Å². The summed E-state index contributed by atoms with van der Waals surface area (Å²) in [5.74, 6) is 0. The number of nitrogens with two attached hydrogens (primary N) is 1. The minimum absolute atomic E-state index is 0.451. The van der Waals surface area contributed by atoms with Crippen LogP contribution in [0.4, 0.5) is 5.69 Å². The van der Waals surface area contributed by atoms with Crippen molar-refractivity contribution in [3.05, 3.63) is 63.6 Å². The normalized spacial score (nSPS) is 12.4. The molecule has 0 aromatic heterocycles. The molecule has 0 spiro atoms. The van der Waals surface area contributed by atoms with E-state index < -0.39 is 6.10 Å². The Morgan fingerprint density at radius 2 is 1.65 bits per heavy atom. The van der Waals surface area contributed by atoms with Crippen LogP contribution in [-0.2, 0) is 0 Å². The van der Waals surface area contributed by atoms with Crippen molar-refractivity contribution in [1.29, 1.82) is 0 Å². The fourth-order valence-electron chi connectivity index (χ4n) is 1.59. The van der Waals surface area contributed by atoms with Crippen molar-refractivity contribution in [1.82, 2.24) is 0 Å². The third-order valence-corrected chi connectivity index (χ3v) is 3.08. The summed E-state index contributed by atoms with van der Waals surface area (Å²) in [6.45, 7) is 0. The van der Waals surface area contributed by atoms with Gasteiger partial charge in [-0.05, 0) is 29.8 Å². The van der Waals surface area contributed by atoms with E-state index in [0.717, 1.165) is 5.56 Å². The Balaban J connectivity index is 2.36. The third kappa shape index (κ3) is 2.72. The summed E-state index contributed by atoms with van der Waals surface area (Å²) in [6.07, 6.45) is -0.777. The molecule has 0 saturated heterocycles. The van der Waals surface area contributed by atoms with E-state index in [9.17, 15) is 5.11 Å². The maximum atomic E-state index is 10.2. The SMILES string of the molecule is Nc1ccc(C(O)c2ccc(Cl)cc2)c(Cl)c1. The number of aliphatic hydroxyl groups excluding tert-OH is 1. The molecule has 2 aromatic carbocycles. The zero-order valence-corrected chi connectivity index (χ0v) is 10.4. The molecule has 17 heavy (non-hydrogen) atoms. The van der Waals surface area contributed by atoms with Crippen LogP contribution in [0.3, 0.4) is 0 Å². The van der Waals surface area contributed by atoms with E-state index >= 15 is 0 Å². The predicted octanol–water partition coefficient (Wildman–Crippen LogP) is 3.66. The van der Waals surface area contributed by atoms with Gasteiger partial charge in [0.2, 0.25) is 0 Å². The molecule has 0 aliphatic heterocycles. The largest absolute Gasteiger partial charge is 0.399 e. The molecule has 1 unspecified atom stereocenters. The molecule has 0 amide bonds. The van der Waals surface area contributed by atoms with Gasteiger partial charge < -0.3 is 10.8 Å². The van der Waals surface area contributed by atoms with Crippen LogP contribution in [0.1, 0.15) is 17.2 Å². The van der Waals surface area contributed by atoms with Crippen LogP contribution < -0.4 is 5.73 Å². The molecule has 0 heterocycles. The van der Waals surface area contributed by atoms with Gasteiger partial charge in [0.05, 0.1) is 0 Å². The highest BCUT2D eigenvalue weighted by Crippen LogP contribution is 2.30. The summed E-state index contributed by atoms with van der Waals surface area (Å²) >= 11 is 11.8. The maximum Gasteiger partial charge on any atom is 0.105 e. The maximum absolute atomic E-state index is 10.2. The van der Waals surface area contributed by atoms with Crippen LogP contribution in [0.2, 0.25) is 10.0 Å². The van der Waals surface area contributed by atoms with Crippen LogP contribution in [-0.4, -0.2) is 5.11 Å². The van der Waals surface area contributed by atoms with Gasteiger partial charge in [0, 0.05) is 21.3 Å². The second-order valence-corrected chi connectivity index (χ2v) is 4.58.